The van der Waals surface area contributed by atoms with Gasteiger partial charge in [0.15, 0.2) is 11.5 Å². The number of benzene rings is 2. The summed E-state index contributed by atoms with van der Waals surface area (Å²) in [5, 5.41) is 12.3. The molecule has 1 amide bonds. The van der Waals surface area contributed by atoms with Crippen LogP contribution in [0, 0.1) is 18.3 Å². The molecule has 2 heterocycles. The Morgan fingerprint density at radius 1 is 1.16 bits per heavy atom. The smallest absolute Gasteiger partial charge is 0.267 e. The van der Waals surface area contributed by atoms with E-state index in [1.54, 1.807) is 19.4 Å². The maximum Gasteiger partial charge on any atom is 0.267 e. The van der Waals surface area contributed by atoms with Crippen molar-refractivity contribution in [3.05, 3.63) is 59.3 Å². The molecule has 0 radical (unpaired) electrons. The van der Waals surface area contributed by atoms with E-state index in [-0.39, 0.29) is 12.4 Å². The predicted molar refractivity (Wildman–Crippen MR) is 119 cm³/mol. The number of hydrogen-bond acceptors (Lipinski definition) is 7. The van der Waals surface area contributed by atoms with Gasteiger partial charge in [0, 0.05) is 38.9 Å². The van der Waals surface area contributed by atoms with Crippen molar-refractivity contribution < 1.29 is 19.0 Å². The van der Waals surface area contributed by atoms with Crippen molar-refractivity contribution in [1.82, 2.24) is 9.80 Å². The van der Waals surface area contributed by atoms with Crippen molar-refractivity contribution in [2.75, 3.05) is 45.4 Å². The van der Waals surface area contributed by atoms with Crippen molar-refractivity contribution in [2.24, 2.45) is 0 Å². The Morgan fingerprint density at radius 2 is 1.94 bits per heavy atom. The molecule has 0 aliphatic carbocycles. The molecule has 1 fully saturated rings. The van der Waals surface area contributed by atoms with Gasteiger partial charge < -0.3 is 24.4 Å². The van der Waals surface area contributed by atoms with Crippen LogP contribution in [-0.4, -0.2) is 55.8 Å². The number of amides is 1. The van der Waals surface area contributed by atoms with Crippen molar-refractivity contribution in [3.63, 3.8) is 0 Å². The first-order chi connectivity index (χ1) is 15.6. The van der Waals surface area contributed by atoms with E-state index < -0.39 is 5.91 Å². The fraction of sp³-hybridized carbons (Fsp3) is 0.333. The second-order valence-corrected chi connectivity index (χ2v) is 7.81. The summed E-state index contributed by atoms with van der Waals surface area (Å²) in [6, 6.07) is 13.6. The number of hydrogen-bond donors (Lipinski definition) is 1. The summed E-state index contributed by atoms with van der Waals surface area (Å²) in [7, 11) is 1.55. The van der Waals surface area contributed by atoms with Gasteiger partial charge in [-0.15, -0.1) is 0 Å². The lowest BCUT2D eigenvalue weighted by Gasteiger charge is -2.34. The van der Waals surface area contributed by atoms with Gasteiger partial charge in [0.25, 0.3) is 5.91 Å². The zero-order valence-electron chi connectivity index (χ0n) is 18.3. The van der Waals surface area contributed by atoms with Crippen LogP contribution in [0.4, 0.5) is 5.69 Å². The van der Waals surface area contributed by atoms with Crippen LogP contribution < -0.4 is 19.5 Å². The molecule has 166 valence electrons. The molecule has 32 heavy (non-hydrogen) atoms. The number of ether oxygens (including phenoxy) is 3. The number of nitrogens with one attached hydrogen (secondary N) is 1. The number of piperazine rings is 1. The van der Waals surface area contributed by atoms with Crippen LogP contribution >= 0.6 is 0 Å². The molecule has 0 bridgehead atoms. The van der Waals surface area contributed by atoms with Crippen molar-refractivity contribution in [3.8, 4) is 23.3 Å². The summed E-state index contributed by atoms with van der Waals surface area (Å²) in [5.74, 6) is 1.69. The van der Waals surface area contributed by atoms with E-state index in [0.717, 1.165) is 49.8 Å². The second kappa shape index (κ2) is 9.62. The lowest BCUT2D eigenvalue weighted by Crippen LogP contribution is -2.43. The Bertz CT molecular complexity index is 1070. The van der Waals surface area contributed by atoms with Crippen LogP contribution in [0.2, 0.25) is 0 Å². The van der Waals surface area contributed by atoms with Gasteiger partial charge in [0.2, 0.25) is 6.79 Å². The number of carbonyl (C=O) groups excluding carboxylic acids is 1. The third-order valence-electron chi connectivity index (χ3n) is 5.53. The summed E-state index contributed by atoms with van der Waals surface area (Å²) in [6.07, 6.45) is 1.65. The quantitative estimate of drug-likeness (QED) is 0.553. The molecule has 0 atom stereocenters. The van der Waals surface area contributed by atoms with Crippen LogP contribution in [0.25, 0.3) is 0 Å². The normalized spacial score (nSPS) is 15.9. The average Bonchev–Trinajstić information content (AvgIpc) is 3.26. The number of aryl methyl sites for hydroxylation is 1. The maximum atomic E-state index is 12.7. The van der Waals surface area contributed by atoms with E-state index in [9.17, 15) is 10.1 Å². The number of nitrogens with zero attached hydrogens (tertiary/aromatic N) is 3. The van der Waals surface area contributed by atoms with Gasteiger partial charge in [-0.05, 0) is 42.3 Å². The molecule has 0 unspecified atom stereocenters. The van der Waals surface area contributed by atoms with Gasteiger partial charge >= 0.3 is 0 Å². The highest BCUT2D eigenvalue weighted by Gasteiger charge is 2.20. The maximum absolute atomic E-state index is 12.7. The number of carbonyl (C=O) groups is 1. The van der Waals surface area contributed by atoms with Crippen LogP contribution in [0.1, 0.15) is 11.1 Å². The third-order valence-corrected chi connectivity index (χ3v) is 5.53. The van der Waals surface area contributed by atoms with Crippen LogP contribution in [-0.2, 0) is 11.3 Å². The zero-order chi connectivity index (χ0) is 22.5. The van der Waals surface area contributed by atoms with Crippen molar-refractivity contribution in [1.29, 1.82) is 5.26 Å². The molecule has 0 aromatic heterocycles. The standard InChI is InChI=1S/C24H26N4O4/c1-17-3-5-21(30-2)20(11-17)26-24(29)19(13-25)15-28-9-7-27(8-10-28)14-18-4-6-22-23(12-18)32-16-31-22/h3-6,11-12,15H,7-10,14,16H2,1-2H3,(H,26,29)/b19-15-. The van der Waals surface area contributed by atoms with E-state index in [4.69, 9.17) is 14.2 Å². The highest BCUT2D eigenvalue weighted by molar-refractivity contribution is 6.07. The minimum Gasteiger partial charge on any atom is -0.495 e. The molecular weight excluding hydrogens is 408 g/mol. The fourth-order valence-electron chi connectivity index (χ4n) is 3.78. The minimum atomic E-state index is -0.445. The van der Waals surface area contributed by atoms with E-state index in [0.29, 0.717) is 11.4 Å². The summed E-state index contributed by atoms with van der Waals surface area (Å²) >= 11 is 0. The fourth-order valence-corrected chi connectivity index (χ4v) is 3.78. The zero-order valence-corrected chi connectivity index (χ0v) is 18.3. The highest BCUT2D eigenvalue weighted by atomic mass is 16.7. The van der Waals surface area contributed by atoms with E-state index in [1.807, 2.05) is 42.2 Å². The summed E-state index contributed by atoms with van der Waals surface area (Å²) in [4.78, 5) is 17.0. The van der Waals surface area contributed by atoms with Crippen LogP contribution in [0.5, 0.6) is 17.2 Å². The Morgan fingerprint density at radius 3 is 2.69 bits per heavy atom. The molecule has 1 N–H and O–H groups in total. The molecule has 2 aliphatic heterocycles. The molecule has 0 saturated carbocycles. The van der Waals surface area contributed by atoms with E-state index in [1.165, 1.54) is 5.56 Å². The Balaban J connectivity index is 1.34. The van der Waals surface area contributed by atoms with Gasteiger partial charge in [-0.3, -0.25) is 9.69 Å². The van der Waals surface area contributed by atoms with Gasteiger partial charge in [-0.2, -0.15) is 5.26 Å². The summed E-state index contributed by atoms with van der Waals surface area (Å²) in [6.45, 7) is 6.14. The van der Waals surface area contributed by atoms with Gasteiger partial charge in [0.05, 0.1) is 12.8 Å². The first kappa shape index (κ1) is 21.5. The number of nitriles is 1. The number of fused-ring (bicyclic) bond motifs is 1. The molecule has 2 aromatic carbocycles. The molecule has 8 heteroatoms. The lowest BCUT2D eigenvalue weighted by molar-refractivity contribution is -0.112. The summed E-state index contributed by atoms with van der Waals surface area (Å²) < 4.78 is 16.1. The molecular formula is C24H26N4O4. The van der Waals surface area contributed by atoms with Gasteiger partial charge in [0.1, 0.15) is 17.4 Å². The average molecular weight is 434 g/mol. The molecule has 2 aromatic rings. The van der Waals surface area contributed by atoms with E-state index in [2.05, 4.69) is 16.3 Å². The molecule has 8 nitrogen and oxygen atoms in total. The first-order valence-corrected chi connectivity index (χ1v) is 10.5. The SMILES string of the molecule is COc1ccc(C)cc1NC(=O)/C(C#N)=C\N1CCN(Cc2ccc3c(c2)OCO3)CC1. The molecule has 4 rings (SSSR count). The lowest BCUT2D eigenvalue weighted by atomic mass is 10.1. The van der Waals surface area contributed by atoms with Crippen molar-refractivity contribution >= 4 is 11.6 Å². The molecule has 0 spiro atoms. The number of rotatable bonds is 6. The topological polar surface area (TPSA) is 87.1 Å². The minimum absolute atomic E-state index is 0.0674. The molecule has 1 saturated heterocycles. The van der Waals surface area contributed by atoms with Gasteiger partial charge in [-0.25, -0.2) is 0 Å². The third kappa shape index (κ3) is 4.95. The van der Waals surface area contributed by atoms with Gasteiger partial charge in [-0.1, -0.05) is 12.1 Å². The monoisotopic (exact) mass is 434 g/mol. The Labute approximate surface area is 187 Å². The predicted octanol–water partition coefficient (Wildman–Crippen LogP) is 2.90. The van der Waals surface area contributed by atoms with E-state index >= 15 is 0 Å². The molecule has 2 aliphatic rings. The van der Waals surface area contributed by atoms with Crippen molar-refractivity contribution in [2.45, 2.75) is 13.5 Å². The van der Waals surface area contributed by atoms with Crippen LogP contribution in [0.15, 0.2) is 48.2 Å². The first-order valence-electron chi connectivity index (χ1n) is 10.5. The Kier molecular flexibility index (Phi) is 6.47. The number of methoxy groups -OCH3 is 1. The second-order valence-electron chi connectivity index (χ2n) is 7.81. The highest BCUT2D eigenvalue weighted by Crippen LogP contribution is 2.33. The Hall–Kier alpha value is -3.70. The largest absolute Gasteiger partial charge is 0.495 e. The summed E-state index contributed by atoms with van der Waals surface area (Å²) in [5.41, 5.74) is 2.77. The van der Waals surface area contributed by atoms with Crippen LogP contribution in [0.3, 0.4) is 0 Å². The number of anilines is 1.